The number of nitrogens with zero attached hydrogens (tertiary/aromatic N) is 4. The first-order valence-corrected chi connectivity index (χ1v) is 9.31. The van der Waals surface area contributed by atoms with Gasteiger partial charge in [-0.15, -0.1) is 21.5 Å². The van der Waals surface area contributed by atoms with Gasteiger partial charge in [-0.2, -0.15) is 17.0 Å². The molecule has 3 heterocycles. The smallest absolute Gasteiger partial charge is 0.281 e. The van der Waals surface area contributed by atoms with E-state index in [1.807, 2.05) is 17.5 Å². The molecule has 0 spiro atoms. The SMILES string of the molecule is CN(C)S(=O)(=O)N1CCCC(c2nnc(-c3cccs3)o2)C1. The third kappa shape index (κ3) is 2.94. The molecule has 22 heavy (non-hydrogen) atoms. The fourth-order valence-electron chi connectivity index (χ4n) is 2.48. The summed E-state index contributed by atoms with van der Waals surface area (Å²) in [5.74, 6) is 0.962. The monoisotopic (exact) mass is 342 g/mol. The van der Waals surface area contributed by atoms with E-state index in [-0.39, 0.29) is 5.92 Å². The van der Waals surface area contributed by atoms with Crippen molar-refractivity contribution in [2.45, 2.75) is 18.8 Å². The molecular formula is C13H18N4O3S2. The summed E-state index contributed by atoms with van der Waals surface area (Å²) in [5, 5.41) is 10.1. The highest BCUT2D eigenvalue weighted by Crippen LogP contribution is 2.31. The normalized spacial score (nSPS) is 20.6. The molecule has 0 bridgehead atoms. The van der Waals surface area contributed by atoms with Gasteiger partial charge in [0.25, 0.3) is 16.1 Å². The van der Waals surface area contributed by atoms with Crippen molar-refractivity contribution in [2.24, 2.45) is 0 Å². The zero-order chi connectivity index (χ0) is 15.7. The highest BCUT2D eigenvalue weighted by molar-refractivity contribution is 7.86. The molecule has 0 aromatic carbocycles. The first kappa shape index (κ1) is 15.6. The largest absolute Gasteiger partial charge is 0.420 e. The summed E-state index contributed by atoms with van der Waals surface area (Å²) in [6, 6.07) is 3.85. The first-order chi connectivity index (χ1) is 10.5. The molecule has 9 heteroatoms. The summed E-state index contributed by atoms with van der Waals surface area (Å²) in [6.45, 7) is 0.912. The van der Waals surface area contributed by atoms with Crippen molar-refractivity contribution in [2.75, 3.05) is 27.2 Å². The van der Waals surface area contributed by atoms with Crippen LogP contribution in [0.15, 0.2) is 21.9 Å². The van der Waals surface area contributed by atoms with Gasteiger partial charge >= 0.3 is 0 Å². The first-order valence-electron chi connectivity index (χ1n) is 7.03. The van der Waals surface area contributed by atoms with E-state index in [4.69, 9.17) is 4.42 Å². The average Bonchev–Trinajstić information content (AvgIpc) is 3.18. The quantitative estimate of drug-likeness (QED) is 0.846. The van der Waals surface area contributed by atoms with Crippen molar-refractivity contribution in [1.82, 2.24) is 18.8 Å². The van der Waals surface area contributed by atoms with Crippen LogP contribution in [-0.4, -0.2) is 54.4 Å². The summed E-state index contributed by atoms with van der Waals surface area (Å²) >= 11 is 1.54. The van der Waals surface area contributed by atoms with Crippen molar-refractivity contribution in [1.29, 1.82) is 0 Å². The summed E-state index contributed by atoms with van der Waals surface area (Å²) in [7, 11) is -0.314. The molecule has 3 rings (SSSR count). The molecule has 120 valence electrons. The van der Waals surface area contributed by atoms with Gasteiger partial charge in [0.15, 0.2) is 0 Å². The second-order valence-corrected chi connectivity index (χ2v) is 8.50. The van der Waals surface area contributed by atoms with Crippen LogP contribution in [0.25, 0.3) is 10.8 Å². The number of hydrogen-bond acceptors (Lipinski definition) is 6. The molecule has 1 atom stereocenters. The Balaban J connectivity index is 1.78. The maximum atomic E-state index is 12.2. The molecule has 0 amide bonds. The Morgan fingerprint density at radius 2 is 2.23 bits per heavy atom. The maximum absolute atomic E-state index is 12.2. The molecule has 0 N–H and O–H groups in total. The number of aromatic nitrogens is 2. The van der Waals surface area contributed by atoms with Crippen molar-refractivity contribution in [3.05, 3.63) is 23.4 Å². The molecule has 0 saturated carbocycles. The van der Waals surface area contributed by atoms with Crippen LogP contribution in [0.2, 0.25) is 0 Å². The van der Waals surface area contributed by atoms with E-state index >= 15 is 0 Å². The fourth-order valence-corrected chi connectivity index (χ4v) is 4.32. The molecule has 1 aliphatic rings. The average molecular weight is 342 g/mol. The minimum atomic E-state index is -3.40. The summed E-state index contributed by atoms with van der Waals surface area (Å²) in [4.78, 5) is 0.923. The predicted molar refractivity (Wildman–Crippen MR) is 83.8 cm³/mol. The van der Waals surface area contributed by atoms with Gasteiger partial charge in [-0.3, -0.25) is 0 Å². The third-order valence-corrected chi connectivity index (χ3v) is 6.46. The van der Waals surface area contributed by atoms with Gasteiger partial charge in [-0.05, 0) is 24.3 Å². The Labute approximate surface area is 133 Å². The lowest BCUT2D eigenvalue weighted by Crippen LogP contribution is -2.44. The van der Waals surface area contributed by atoms with E-state index < -0.39 is 10.2 Å². The van der Waals surface area contributed by atoms with Gasteiger partial charge in [-0.1, -0.05) is 6.07 Å². The molecule has 2 aromatic rings. The lowest BCUT2D eigenvalue weighted by Gasteiger charge is -2.31. The number of thiophene rings is 1. The Morgan fingerprint density at radius 3 is 2.91 bits per heavy atom. The Bertz CT molecular complexity index is 724. The van der Waals surface area contributed by atoms with Gasteiger partial charge in [0.1, 0.15) is 0 Å². The van der Waals surface area contributed by atoms with E-state index in [0.717, 1.165) is 17.7 Å². The fraction of sp³-hybridized carbons (Fsp3) is 0.538. The van der Waals surface area contributed by atoms with Gasteiger partial charge in [-0.25, -0.2) is 0 Å². The van der Waals surface area contributed by atoms with E-state index in [2.05, 4.69) is 10.2 Å². The van der Waals surface area contributed by atoms with Crippen LogP contribution in [0.3, 0.4) is 0 Å². The standard InChI is InChI=1S/C13H18N4O3S2/c1-16(2)22(18,19)17-7-3-5-10(9-17)12-14-15-13(20-12)11-6-4-8-21-11/h4,6,8,10H,3,5,7,9H2,1-2H3. The second kappa shape index (κ2) is 6.07. The highest BCUT2D eigenvalue weighted by atomic mass is 32.2. The molecule has 0 aliphatic carbocycles. The summed E-state index contributed by atoms with van der Waals surface area (Å²) in [5.41, 5.74) is 0. The minimum absolute atomic E-state index is 0.0512. The number of rotatable bonds is 4. The molecule has 1 unspecified atom stereocenters. The van der Waals surface area contributed by atoms with E-state index in [1.165, 1.54) is 19.9 Å². The van der Waals surface area contributed by atoms with Crippen LogP contribution >= 0.6 is 11.3 Å². The van der Waals surface area contributed by atoms with Crippen LogP contribution in [0, 0.1) is 0 Å². The highest BCUT2D eigenvalue weighted by Gasteiger charge is 2.33. The van der Waals surface area contributed by atoms with Crippen LogP contribution < -0.4 is 0 Å². The third-order valence-electron chi connectivity index (χ3n) is 3.69. The van der Waals surface area contributed by atoms with Gasteiger partial charge < -0.3 is 4.42 Å². The lowest BCUT2D eigenvalue weighted by molar-refractivity contribution is 0.274. The molecule has 1 saturated heterocycles. The predicted octanol–water partition coefficient (Wildman–Crippen LogP) is 1.78. The van der Waals surface area contributed by atoms with E-state index in [0.29, 0.717) is 24.9 Å². The van der Waals surface area contributed by atoms with Crippen LogP contribution in [0.5, 0.6) is 0 Å². The lowest BCUT2D eigenvalue weighted by atomic mass is 10.00. The molecular weight excluding hydrogens is 324 g/mol. The summed E-state index contributed by atoms with van der Waals surface area (Å²) < 4.78 is 32.9. The van der Waals surface area contributed by atoms with E-state index in [9.17, 15) is 8.42 Å². The molecule has 7 nitrogen and oxygen atoms in total. The topological polar surface area (TPSA) is 79.5 Å². The van der Waals surface area contributed by atoms with Crippen LogP contribution in [0.4, 0.5) is 0 Å². The van der Waals surface area contributed by atoms with Crippen molar-refractivity contribution in [3.8, 4) is 10.8 Å². The van der Waals surface area contributed by atoms with Crippen molar-refractivity contribution >= 4 is 21.5 Å². The van der Waals surface area contributed by atoms with Gasteiger partial charge in [0.05, 0.1) is 10.8 Å². The number of hydrogen-bond donors (Lipinski definition) is 0. The Hall–Kier alpha value is -1.29. The van der Waals surface area contributed by atoms with Crippen molar-refractivity contribution < 1.29 is 12.8 Å². The van der Waals surface area contributed by atoms with Gasteiger partial charge in [0.2, 0.25) is 5.89 Å². The molecule has 2 aromatic heterocycles. The molecule has 1 aliphatic heterocycles. The van der Waals surface area contributed by atoms with Gasteiger partial charge in [0, 0.05) is 27.2 Å². The second-order valence-electron chi connectivity index (χ2n) is 5.41. The van der Waals surface area contributed by atoms with E-state index in [1.54, 1.807) is 14.1 Å². The summed E-state index contributed by atoms with van der Waals surface area (Å²) in [6.07, 6.45) is 1.64. The van der Waals surface area contributed by atoms with Crippen LogP contribution in [-0.2, 0) is 10.2 Å². The molecule has 1 fully saturated rings. The minimum Gasteiger partial charge on any atom is -0.420 e. The zero-order valence-corrected chi connectivity index (χ0v) is 14.1. The number of piperidine rings is 1. The Kier molecular flexibility index (Phi) is 4.31. The zero-order valence-electron chi connectivity index (χ0n) is 12.5. The van der Waals surface area contributed by atoms with Crippen molar-refractivity contribution in [3.63, 3.8) is 0 Å². The van der Waals surface area contributed by atoms with Crippen LogP contribution in [0.1, 0.15) is 24.7 Å². The Morgan fingerprint density at radius 1 is 1.41 bits per heavy atom. The molecule has 0 radical (unpaired) electrons. The maximum Gasteiger partial charge on any atom is 0.281 e.